The highest BCUT2D eigenvalue weighted by Gasteiger charge is 2.57. The van der Waals surface area contributed by atoms with E-state index in [0.29, 0.717) is 0 Å². The lowest BCUT2D eigenvalue weighted by Crippen LogP contribution is -2.22. The fraction of sp³-hybridized carbons (Fsp3) is 0.200. The molecule has 1 aliphatic heterocycles. The maximum Gasteiger partial charge on any atom is 0.208 e. The van der Waals surface area contributed by atoms with Crippen LogP contribution in [0.25, 0.3) is 0 Å². The maximum absolute atomic E-state index is 14.8. The van der Waals surface area contributed by atoms with Crippen molar-refractivity contribution < 1.29 is 4.57 Å². The molecule has 0 aromatic heterocycles. The molecule has 0 saturated carbocycles. The summed E-state index contributed by atoms with van der Waals surface area (Å²) in [5.41, 5.74) is 3.61. The van der Waals surface area contributed by atoms with Crippen LogP contribution in [-0.2, 0) is 4.57 Å². The van der Waals surface area contributed by atoms with E-state index in [9.17, 15) is 4.57 Å². The molecule has 1 aliphatic rings. The highest BCUT2D eigenvalue weighted by atomic mass is 31.2. The van der Waals surface area contributed by atoms with Crippen LogP contribution in [0.4, 0.5) is 0 Å². The normalized spacial score (nSPS) is 22.0. The van der Waals surface area contributed by atoms with Crippen LogP contribution in [0.2, 0.25) is 19.6 Å². The van der Waals surface area contributed by atoms with Crippen molar-refractivity contribution in [1.29, 1.82) is 0 Å². The van der Waals surface area contributed by atoms with Gasteiger partial charge in [-0.25, -0.2) is 4.67 Å². The highest BCUT2D eigenvalue weighted by Crippen LogP contribution is 2.64. The summed E-state index contributed by atoms with van der Waals surface area (Å²) in [4.78, 5) is 0. The van der Waals surface area contributed by atoms with Crippen LogP contribution in [0.15, 0.2) is 103 Å². The third-order valence-corrected chi connectivity index (χ3v) is 9.65. The van der Waals surface area contributed by atoms with E-state index in [1.165, 1.54) is 5.56 Å². The number of hydrogen-bond acceptors (Lipinski definition) is 1. The highest BCUT2D eigenvalue weighted by molar-refractivity contribution is 7.76. The molecule has 0 radical (unpaired) electrons. The summed E-state index contributed by atoms with van der Waals surface area (Å²) in [6.07, 6.45) is 2.31. The molecule has 1 heterocycles. The van der Waals surface area contributed by atoms with E-state index in [-0.39, 0.29) is 12.1 Å². The Morgan fingerprint density at radius 3 is 1.66 bits per heavy atom. The van der Waals surface area contributed by atoms with Crippen molar-refractivity contribution in [3.63, 3.8) is 0 Å². The molecule has 29 heavy (non-hydrogen) atoms. The van der Waals surface area contributed by atoms with Crippen molar-refractivity contribution in [3.05, 3.63) is 108 Å². The fourth-order valence-electron chi connectivity index (χ4n) is 3.86. The van der Waals surface area contributed by atoms with E-state index in [4.69, 9.17) is 0 Å². The van der Waals surface area contributed by atoms with Crippen LogP contribution in [0.1, 0.15) is 11.6 Å². The molecule has 3 aromatic rings. The summed E-state index contributed by atoms with van der Waals surface area (Å²) < 4.78 is 17.0. The van der Waals surface area contributed by atoms with E-state index in [2.05, 4.69) is 60.4 Å². The monoisotopic (exact) mass is 417 g/mol. The van der Waals surface area contributed by atoms with E-state index in [1.807, 2.05) is 66.7 Å². The summed E-state index contributed by atoms with van der Waals surface area (Å²) in [5.74, 6) is 0. The van der Waals surface area contributed by atoms with Gasteiger partial charge in [0.25, 0.3) is 0 Å². The number of hydrogen-bond donors (Lipinski definition) is 0. The van der Waals surface area contributed by atoms with Gasteiger partial charge in [0.05, 0.1) is 20.2 Å². The van der Waals surface area contributed by atoms with Crippen molar-refractivity contribution in [2.45, 2.75) is 31.7 Å². The third kappa shape index (κ3) is 4.09. The zero-order valence-electron chi connectivity index (χ0n) is 17.3. The largest absolute Gasteiger partial charge is 0.296 e. The zero-order chi connectivity index (χ0) is 20.5. The molecule has 4 heteroatoms. The van der Waals surface area contributed by atoms with Gasteiger partial charge in [-0.3, -0.25) is 4.57 Å². The average Bonchev–Trinajstić information content (AvgIpc) is 3.48. The van der Waals surface area contributed by atoms with Crippen molar-refractivity contribution in [2.75, 3.05) is 0 Å². The van der Waals surface area contributed by atoms with Crippen molar-refractivity contribution in [2.24, 2.45) is 0 Å². The molecule has 3 atom stereocenters. The Bertz CT molecular complexity index is 985. The second-order valence-corrected chi connectivity index (χ2v) is 16.4. The van der Waals surface area contributed by atoms with Crippen LogP contribution < -0.4 is 10.6 Å². The van der Waals surface area contributed by atoms with E-state index >= 15 is 0 Å². The van der Waals surface area contributed by atoms with Crippen molar-refractivity contribution >= 4 is 26.0 Å². The van der Waals surface area contributed by atoms with E-state index < -0.39 is 15.4 Å². The average molecular weight is 418 g/mol. The molecule has 0 aliphatic carbocycles. The SMILES string of the molecule is C[Si](C)(C)/C=C/[C@@H]1[C@@H](c2ccccc2)N1P(=O)(c1ccccc1)c1ccccc1. The minimum atomic E-state index is -2.95. The molecule has 0 amide bonds. The van der Waals surface area contributed by atoms with Crippen LogP contribution in [-0.4, -0.2) is 18.8 Å². The Labute approximate surface area is 175 Å². The Hall–Kier alpha value is -2.19. The molecule has 0 N–H and O–H groups in total. The molecular weight excluding hydrogens is 389 g/mol. The number of nitrogens with zero attached hydrogens (tertiary/aromatic N) is 1. The van der Waals surface area contributed by atoms with Crippen LogP contribution >= 0.6 is 7.29 Å². The first kappa shape index (κ1) is 20.1. The minimum absolute atomic E-state index is 0.134. The van der Waals surface area contributed by atoms with Gasteiger partial charge < -0.3 is 0 Å². The van der Waals surface area contributed by atoms with Gasteiger partial charge in [0.1, 0.15) is 0 Å². The lowest BCUT2D eigenvalue weighted by molar-refractivity contribution is 0.557. The Kier molecular flexibility index (Phi) is 5.48. The minimum Gasteiger partial charge on any atom is -0.296 e. The molecule has 3 aromatic carbocycles. The van der Waals surface area contributed by atoms with Gasteiger partial charge >= 0.3 is 0 Å². The third-order valence-electron chi connectivity index (χ3n) is 5.30. The second-order valence-electron chi connectivity index (χ2n) is 8.70. The molecule has 1 unspecified atom stereocenters. The Morgan fingerprint density at radius 1 is 0.759 bits per heavy atom. The smallest absolute Gasteiger partial charge is 0.208 e. The van der Waals surface area contributed by atoms with Crippen LogP contribution in [0.5, 0.6) is 0 Å². The van der Waals surface area contributed by atoms with Crippen LogP contribution in [0.3, 0.4) is 0 Å². The van der Waals surface area contributed by atoms with E-state index in [0.717, 1.165) is 10.6 Å². The second kappa shape index (κ2) is 7.91. The standard InChI is InChI=1S/C25H28NOPSi/c1-29(2,3)20-19-24-25(21-13-7-4-8-14-21)26(24)28(27,22-15-9-5-10-16-22)23-17-11-6-12-18-23/h4-20,24-25H,1-3H3/b20-19+/t24-,25-,26?/m1/s1. The summed E-state index contributed by atoms with van der Waals surface area (Å²) in [5, 5.41) is 1.80. The van der Waals surface area contributed by atoms with E-state index in [1.54, 1.807) is 0 Å². The Balaban J connectivity index is 1.84. The van der Waals surface area contributed by atoms with Gasteiger partial charge in [-0.2, -0.15) is 0 Å². The fourth-order valence-corrected chi connectivity index (χ4v) is 7.76. The topological polar surface area (TPSA) is 20.1 Å². The van der Waals surface area contributed by atoms with Crippen LogP contribution in [0, 0.1) is 0 Å². The number of rotatable bonds is 6. The predicted molar refractivity (Wildman–Crippen MR) is 127 cm³/mol. The van der Waals surface area contributed by atoms with Gasteiger partial charge in [0.2, 0.25) is 7.29 Å². The van der Waals surface area contributed by atoms with Gasteiger partial charge in [-0.1, -0.05) is 98.1 Å². The first-order chi connectivity index (χ1) is 13.9. The molecule has 4 rings (SSSR count). The molecule has 148 valence electrons. The first-order valence-electron chi connectivity index (χ1n) is 10.2. The van der Waals surface area contributed by atoms with Crippen molar-refractivity contribution in [3.8, 4) is 0 Å². The summed E-state index contributed by atoms with van der Waals surface area (Å²) in [6, 6.07) is 30.7. The van der Waals surface area contributed by atoms with Gasteiger partial charge in [0.15, 0.2) is 0 Å². The molecule has 0 spiro atoms. The number of benzene rings is 3. The quantitative estimate of drug-likeness (QED) is 0.288. The molecule has 1 saturated heterocycles. The van der Waals surface area contributed by atoms with Gasteiger partial charge in [0, 0.05) is 10.6 Å². The molecule has 0 bridgehead atoms. The summed E-state index contributed by atoms with van der Waals surface area (Å²) in [7, 11) is -4.30. The first-order valence-corrected chi connectivity index (χ1v) is 15.4. The molecular formula is C25H28NOPSi. The van der Waals surface area contributed by atoms with Gasteiger partial charge in [-0.15, -0.1) is 0 Å². The lowest BCUT2D eigenvalue weighted by atomic mass is 10.1. The Morgan fingerprint density at radius 2 is 1.21 bits per heavy atom. The molecule has 2 nitrogen and oxygen atoms in total. The maximum atomic E-state index is 14.8. The summed E-state index contributed by atoms with van der Waals surface area (Å²) in [6.45, 7) is 7.01. The van der Waals surface area contributed by atoms with Crippen molar-refractivity contribution in [1.82, 2.24) is 4.67 Å². The van der Waals surface area contributed by atoms with Gasteiger partial charge in [-0.05, 0) is 29.8 Å². The zero-order valence-corrected chi connectivity index (χ0v) is 19.2. The summed E-state index contributed by atoms with van der Waals surface area (Å²) >= 11 is 0. The lowest BCUT2D eigenvalue weighted by Gasteiger charge is -2.22. The molecule has 1 fully saturated rings. The predicted octanol–water partition coefficient (Wildman–Crippen LogP) is 5.77.